The quantitative estimate of drug-likeness (QED) is 0.758. The summed E-state index contributed by atoms with van der Waals surface area (Å²) in [6, 6.07) is 0.631. The van der Waals surface area contributed by atoms with Crippen molar-refractivity contribution in [1.82, 2.24) is 5.32 Å². The van der Waals surface area contributed by atoms with E-state index in [1.807, 2.05) is 0 Å². The summed E-state index contributed by atoms with van der Waals surface area (Å²) >= 11 is 0. The lowest BCUT2D eigenvalue weighted by Gasteiger charge is -2.54. The van der Waals surface area contributed by atoms with Crippen molar-refractivity contribution in [1.29, 1.82) is 0 Å². The molecule has 0 saturated heterocycles. The molecule has 0 spiro atoms. The van der Waals surface area contributed by atoms with Crippen LogP contribution in [-0.2, 0) is 4.74 Å². The zero-order valence-electron chi connectivity index (χ0n) is 11.1. The average molecular weight is 213 g/mol. The van der Waals surface area contributed by atoms with Gasteiger partial charge in [0.05, 0.1) is 12.2 Å². The second kappa shape index (κ2) is 4.84. The monoisotopic (exact) mass is 213 g/mol. The summed E-state index contributed by atoms with van der Waals surface area (Å²) in [6.45, 7) is 11.2. The molecule has 0 bridgehead atoms. The van der Waals surface area contributed by atoms with Crippen molar-refractivity contribution in [2.45, 2.75) is 65.7 Å². The summed E-state index contributed by atoms with van der Waals surface area (Å²) in [5.74, 6) is 0.611. The van der Waals surface area contributed by atoms with Crippen LogP contribution in [0.4, 0.5) is 0 Å². The summed E-state index contributed by atoms with van der Waals surface area (Å²) < 4.78 is 6.15. The van der Waals surface area contributed by atoms with Crippen LogP contribution in [0.5, 0.6) is 0 Å². The Bertz CT molecular complexity index is 205. The third kappa shape index (κ3) is 2.36. The van der Waals surface area contributed by atoms with Gasteiger partial charge in [-0.05, 0) is 32.7 Å². The molecule has 0 aliphatic heterocycles. The minimum atomic E-state index is 0.331. The van der Waals surface area contributed by atoms with Crippen molar-refractivity contribution in [3.8, 4) is 0 Å². The molecular weight excluding hydrogens is 186 g/mol. The highest BCUT2D eigenvalue weighted by molar-refractivity contribution is 5.04. The topological polar surface area (TPSA) is 21.3 Å². The van der Waals surface area contributed by atoms with Crippen LogP contribution in [0.2, 0.25) is 0 Å². The van der Waals surface area contributed by atoms with Crippen LogP contribution in [0.15, 0.2) is 0 Å². The molecule has 4 atom stereocenters. The molecule has 1 N–H and O–H groups in total. The van der Waals surface area contributed by atoms with Gasteiger partial charge in [0.2, 0.25) is 0 Å². The maximum absolute atomic E-state index is 6.15. The standard InChI is InChI=1S/C13H27NO/c1-7-13(5)11(14-6)8-12(13)15-10(4)9(2)3/h9-12,14H,7-8H2,1-6H3. The maximum Gasteiger partial charge on any atom is 0.0662 e. The van der Waals surface area contributed by atoms with Crippen molar-refractivity contribution in [3.05, 3.63) is 0 Å². The fourth-order valence-corrected chi connectivity index (χ4v) is 2.37. The third-order valence-corrected chi connectivity index (χ3v) is 4.41. The van der Waals surface area contributed by atoms with Gasteiger partial charge in [0.1, 0.15) is 0 Å². The van der Waals surface area contributed by atoms with E-state index in [4.69, 9.17) is 4.74 Å². The summed E-state index contributed by atoms with van der Waals surface area (Å²) in [7, 11) is 2.06. The fraction of sp³-hybridized carbons (Fsp3) is 1.00. The van der Waals surface area contributed by atoms with Gasteiger partial charge >= 0.3 is 0 Å². The Labute approximate surface area is 94.8 Å². The Hall–Kier alpha value is -0.0800. The van der Waals surface area contributed by atoms with Crippen molar-refractivity contribution < 1.29 is 4.74 Å². The van der Waals surface area contributed by atoms with E-state index in [2.05, 4.69) is 47.0 Å². The lowest BCUT2D eigenvalue weighted by molar-refractivity contribution is -0.160. The van der Waals surface area contributed by atoms with Gasteiger partial charge in [0.25, 0.3) is 0 Å². The van der Waals surface area contributed by atoms with E-state index in [1.165, 1.54) is 6.42 Å². The molecule has 0 aromatic heterocycles. The highest BCUT2D eigenvalue weighted by atomic mass is 16.5. The van der Waals surface area contributed by atoms with E-state index < -0.39 is 0 Å². The molecule has 0 aromatic rings. The molecule has 2 heteroatoms. The Morgan fingerprint density at radius 1 is 1.40 bits per heavy atom. The van der Waals surface area contributed by atoms with Crippen LogP contribution < -0.4 is 5.32 Å². The van der Waals surface area contributed by atoms with E-state index in [1.54, 1.807) is 0 Å². The number of hydrogen-bond acceptors (Lipinski definition) is 2. The molecule has 1 aliphatic rings. The number of rotatable bonds is 5. The number of ether oxygens (including phenoxy) is 1. The summed E-state index contributed by atoms with van der Waals surface area (Å²) in [4.78, 5) is 0. The first kappa shape index (κ1) is 13.0. The van der Waals surface area contributed by atoms with Crippen LogP contribution in [0, 0.1) is 11.3 Å². The Morgan fingerprint density at radius 2 is 2.00 bits per heavy atom. The van der Waals surface area contributed by atoms with E-state index in [0.29, 0.717) is 29.6 Å². The van der Waals surface area contributed by atoms with E-state index >= 15 is 0 Å². The SMILES string of the molecule is CCC1(C)C(NC)CC1OC(C)C(C)C. The molecule has 0 radical (unpaired) electrons. The second-order valence-electron chi connectivity index (χ2n) is 5.51. The predicted molar refractivity (Wildman–Crippen MR) is 65.0 cm³/mol. The number of nitrogens with one attached hydrogen (secondary N) is 1. The Balaban J connectivity index is 2.52. The molecule has 0 aromatic carbocycles. The van der Waals surface area contributed by atoms with Gasteiger partial charge in [-0.25, -0.2) is 0 Å². The van der Waals surface area contributed by atoms with Crippen LogP contribution in [0.3, 0.4) is 0 Å². The maximum atomic E-state index is 6.15. The van der Waals surface area contributed by atoms with Crippen LogP contribution in [-0.4, -0.2) is 25.3 Å². The Morgan fingerprint density at radius 3 is 2.40 bits per heavy atom. The molecule has 1 aliphatic carbocycles. The van der Waals surface area contributed by atoms with Crippen LogP contribution in [0.1, 0.15) is 47.5 Å². The van der Waals surface area contributed by atoms with Crippen molar-refractivity contribution in [3.63, 3.8) is 0 Å². The van der Waals surface area contributed by atoms with E-state index in [-0.39, 0.29) is 0 Å². The highest BCUT2D eigenvalue weighted by Gasteiger charge is 2.50. The van der Waals surface area contributed by atoms with Gasteiger partial charge in [-0.1, -0.05) is 27.7 Å². The minimum absolute atomic E-state index is 0.331. The van der Waals surface area contributed by atoms with Gasteiger partial charge in [0.15, 0.2) is 0 Å². The summed E-state index contributed by atoms with van der Waals surface area (Å²) in [5.41, 5.74) is 0.331. The van der Waals surface area contributed by atoms with Crippen molar-refractivity contribution >= 4 is 0 Å². The molecule has 15 heavy (non-hydrogen) atoms. The smallest absolute Gasteiger partial charge is 0.0662 e. The van der Waals surface area contributed by atoms with Crippen LogP contribution in [0.25, 0.3) is 0 Å². The first-order valence-electron chi connectivity index (χ1n) is 6.28. The molecular formula is C13H27NO. The first-order chi connectivity index (χ1) is 6.95. The largest absolute Gasteiger partial charge is 0.374 e. The lowest BCUT2D eigenvalue weighted by atomic mass is 9.61. The predicted octanol–water partition coefficient (Wildman–Crippen LogP) is 2.82. The molecule has 1 rings (SSSR count). The van der Waals surface area contributed by atoms with Crippen molar-refractivity contribution in [2.75, 3.05) is 7.05 Å². The molecule has 0 amide bonds. The molecule has 0 heterocycles. The Kier molecular flexibility index (Phi) is 4.19. The van der Waals surface area contributed by atoms with Gasteiger partial charge in [-0.3, -0.25) is 0 Å². The lowest BCUT2D eigenvalue weighted by Crippen LogP contribution is -2.62. The first-order valence-corrected chi connectivity index (χ1v) is 6.28. The van der Waals surface area contributed by atoms with E-state index in [0.717, 1.165) is 6.42 Å². The molecule has 1 saturated carbocycles. The van der Waals surface area contributed by atoms with Gasteiger partial charge in [0, 0.05) is 11.5 Å². The van der Waals surface area contributed by atoms with Crippen LogP contribution >= 0.6 is 0 Å². The molecule has 2 nitrogen and oxygen atoms in total. The normalized spacial score (nSPS) is 37.8. The zero-order chi connectivity index (χ0) is 11.6. The molecule has 4 unspecified atom stereocenters. The number of hydrogen-bond donors (Lipinski definition) is 1. The molecule has 1 fully saturated rings. The van der Waals surface area contributed by atoms with E-state index in [9.17, 15) is 0 Å². The highest BCUT2D eigenvalue weighted by Crippen LogP contribution is 2.46. The zero-order valence-corrected chi connectivity index (χ0v) is 11.1. The minimum Gasteiger partial charge on any atom is -0.374 e. The fourth-order valence-electron chi connectivity index (χ4n) is 2.37. The summed E-state index contributed by atoms with van der Waals surface area (Å²) in [6.07, 6.45) is 3.17. The van der Waals surface area contributed by atoms with Gasteiger partial charge < -0.3 is 10.1 Å². The van der Waals surface area contributed by atoms with Gasteiger partial charge in [-0.15, -0.1) is 0 Å². The third-order valence-electron chi connectivity index (χ3n) is 4.41. The van der Waals surface area contributed by atoms with Gasteiger partial charge in [-0.2, -0.15) is 0 Å². The van der Waals surface area contributed by atoms with Crippen molar-refractivity contribution in [2.24, 2.45) is 11.3 Å². The summed E-state index contributed by atoms with van der Waals surface area (Å²) in [5, 5.41) is 3.40. The second-order valence-corrected chi connectivity index (χ2v) is 5.51. The molecule has 90 valence electrons. The average Bonchev–Trinajstić information content (AvgIpc) is 2.21.